The largest absolute Gasteiger partial charge is 0.373 e. The predicted molar refractivity (Wildman–Crippen MR) is 76.7 cm³/mol. The summed E-state index contributed by atoms with van der Waals surface area (Å²) in [6.45, 7) is 0. The van der Waals surface area contributed by atoms with Gasteiger partial charge in [0.25, 0.3) is 0 Å². The maximum Gasteiger partial charge on any atom is 0.373 e. The Hall–Kier alpha value is -2.70. The Balaban J connectivity index is 2.15. The van der Waals surface area contributed by atoms with Crippen molar-refractivity contribution in [3.8, 4) is 11.1 Å². The second kappa shape index (κ2) is 7.35. The number of hydrogen-bond acceptors (Lipinski definition) is 6. The van der Waals surface area contributed by atoms with Crippen molar-refractivity contribution in [1.82, 2.24) is 0 Å². The van der Waals surface area contributed by atoms with Crippen LogP contribution in [0.4, 0.5) is 0 Å². The van der Waals surface area contributed by atoms with E-state index in [0.717, 1.165) is 11.1 Å². The molecule has 0 unspecified atom stereocenters. The van der Waals surface area contributed by atoms with E-state index in [9.17, 15) is 9.59 Å². The lowest BCUT2D eigenvalue weighted by Crippen LogP contribution is -2.04. The molecule has 0 spiro atoms. The Morgan fingerprint density at radius 1 is 0.636 bits per heavy atom. The molecule has 2 aromatic rings. The van der Waals surface area contributed by atoms with Crippen LogP contribution in [0.15, 0.2) is 48.5 Å². The van der Waals surface area contributed by atoms with Gasteiger partial charge >= 0.3 is 11.9 Å². The van der Waals surface area contributed by atoms with Gasteiger partial charge in [0, 0.05) is 0 Å². The van der Waals surface area contributed by atoms with Crippen LogP contribution in [-0.2, 0) is 19.6 Å². The van der Waals surface area contributed by atoms with Crippen molar-refractivity contribution in [3.63, 3.8) is 0 Å². The van der Waals surface area contributed by atoms with Gasteiger partial charge in [-0.3, -0.25) is 9.78 Å². The van der Waals surface area contributed by atoms with Crippen molar-refractivity contribution in [2.75, 3.05) is 14.2 Å². The topological polar surface area (TPSA) is 71.1 Å². The first-order valence-electron chi connectivity index (χ1n) is 6.36. The minimum Gasteiger partial charge on any atom is -0.293 e. The van der Waals surface area contributed by atoms with Gasteiger partial charge in [-0.1, -0.05) is 24.3 Å². The number of benzene rings is 2. The molecule has 0 amide bonds. The molecule has 0 atom stereocenters. The number of carbonyl (C=O) groups excluding carboxylic acids is 2. The molecule has 0 saturated carbocycles. The maximum absolute atomic E-state index is 11.5. The van der Waals surface area contributed by atoms with Crippen molar-refractivity contribution in [1.29, 1.82) is 0 Å². The van der Waals surface area contributed by atoms with Crippen LogP contribution in [0.25, 0.3) is 11.1 Å². The van der Waals surface area contributed by atoms with Gasteiger partial charge in [-0.15, -0.1) is 0 Å². The van der Waals surface area contributed by atoms with Crippen molar-refractivity contribution in [3.05, 3.63) is 59.7 Å². The van der Waals surface area contributed by atoms with Crippen molar-refractivity contribution in [2.45, 2.75) is 0 Å². The van der Waals surface area contributed by atoms with Crippen LogP contribution in [0.2, 0.25) is 0 Å². The summed E-state index contributed by atoms with van der Waals surface area (Å²) in [5.74, 6) is -1.13. The van der Waals surface area contributed by atoms with E-state index in [1.54, 1.807) is 48.5 Å². The SMILES string of the molecule is COOC(=O)c1ccc(-c2ccc(C(=O)OOC)cc2)cc1. The smallest absolute Gasteiger partial charge is 0.293 e. The lowest BCUT2D eigenvalue weighted by Gasteiger charge is -2.05. The summed E-state index contributed by atoms with van der Waals surface area (Å²) < 4.78 is 0. The van der Waals surface area contributed by atoms with Crippen molar-refractivity contribution < 1.29 is 29.1 Å². The van der Waals surface area contributed by atoms with Gasteiger partial charge in [-0.2, -0.15) is 9.78 Å². The molecule has 0 aliphatic carbocycles. The highest BCUT2D eigenvalue weighted by Crippen LogP contribution is 2.21. The Morgan fingerprint density at radius 3 is 1.23 bits per heavy atom. The molecule has 2 rings (SSSR count). The zero-order valence-electron chi connectivity index (χ0n) is 12.1. The highest BCUT2D eigenvalue weighted by atomic mass is 17.2. The molecule has 22 heavy (non-hydrogen) atoms. The summed E-state index contributed by atoms with van der Waals surface area (Å²) in [5, 5.41) is 0. The van der Waals surface area contributed by atoms with Crippen molar-refractivity contribution >= 4 is 11.9 Å². The first kappa shape index (κ1) is 15.7. The van der Waals surface area contributed by atoms with E-state index < -0.39 is 11.9 Å². The lowest BCUT2D eigenvalue weighted by atomic mass is 10.0. The molecule has 0 N–H and O–H groups in total. The fraction of sp³-hybridized carbons (Fsp3) is 0.125. The number of hydrogen-bond donors (Lipinski definition) is 0. The first-order valence-corrected chi connectivity index (χ1v) is 6.36. The summed E-state index contributed by atoms with van der Waals surface area (Å²) in [5.41, 5.74) is 2.54. The zero-order valence-corrected chi connectivity index (χ0v) is 12.1. The Bertz CT molecular complexity index is 586. The molecule has 0 radical (unpaired) electrons. The standard InChI is InChI=1S/C16H14O6/c1-19-21-15(17)13-7-3-11(4-8-13)12-5-9-14(10-6-12)16(18)22-20-2/h3-10H,1-2H3. The minimum atomic E-state index is -0.563. The molecular formula is C16H14O6. The summed E-state index contributed by atoms with van der Waals surface area (Å²) in [4.78, 5) is 40.4. The van der Waals surface area contributed by atoms with Gasteiger partial charge in [-0.05, 0) is 35.4 Å². The molecule has 0 aliphatic heterocycles. The van der Waals surface area contributed by atoms with Crippen LogP contribution in [0.1, 0.15) is 20.7 Å². The molecule has 6 heteroatoms. The van der Waals surface area contributed by atoms with Gasteiger partial charge in [0.05, 0.1) is 25.3 Å². The van der Waals surface area contributed by atoms with Crippen LogP contribution < -0.4 is 0 Å². The molecule has 2 aromatic carbocycles. The Kier molecular flexibility index (Phi) is 5.24. The van der Waals surface area contributed by atoms with E-state index in [0.29, 0.717) is 11.1 Å². The van der Waals surface area contributed by atoms with E-state index in [-0.39, 0.29) is 0 Å². The molecule has 0 bridgehead atoms. The average molecular weight is 302 g/mol. The van der Waals surface area contributed by atoms with Crippen molar-refractivity contribution in [2.24, 2.45) is 0 Å². The van der Waals surface area contributed by atoms with E-state index in [1.807, 2.05) is 0 Å². The third-order valence-electron chi connectivity index (χ3n) is 2.89. The van der Waals surface area contributed by atoms with Gasteiger partial charge in [0.15, 0.2) is 0 Å². The summed E-state index contributed by atoms with van der Waals surface area (Å²) in [7, 11) is 2.53. The zero-order chi connectivity index (χ0) is 15.9. The fourth-order valence-electron chi connectivity index (χ4n) is 1.85. The highest BCUT2D eigenvalue weighted by molar-refractivity contribution is 5.90. The molecule has 6 nitrogen and oxygen atoms in total. The van der Waals surface area contributed by atoms with Crippen LogP contribution in [-0.4, -0.2) is 26.2 Å². The summed E-state index contributed by atoms with van der Waals surface area (Å²) in [6.07, 6.45) is 0. The van der Waals surface area contributed by atoms with Crippen LogP contribution in [0.5, 0.6) is 0 Å². The van der Waals surface area contributed by atoms with Gasteiger partial charge in [0.2, 0.25) is 0 Å². The normalized spacial score (nSPS) is 10.1. The molecular weight excluding hydrogens is 288 g/mol. The second-order valence-corrected chi connectivity index (χ2v) is 4.23. The average Bonchev–Trinajstić information content (AvgIpc) is 2.55. The monoisotopic (exact) mass is 302 g/mol. The third-order valence-corrected chi connectivity index (χ3v) is 2.89. The van der Waals surface area contributed by atoms with Crippen LogP contribution >= 0.6 is 0 Å². The third kappa shape index (κ3) is 3.69. The van der Waals surface area contributed by atoms with E-state index in [1.165, 1.54) is 14.2 Å². The van der Waals surface area contributed by atoms with Gasteiger partial charge < -0.3 is 0 Å². The van der Waals surface area contributed by atoms with Gasteiger partial charge in [-0.25, -0.2) is 9.59 Å². The molecule has 0 aliphatic rings. The Morgan fingerprint density at radius 2 is 0.955 bits per heavy atom. The quantitative estimate of drug-likeness (QED) is 0.625. The number of carbonyl (C=O) groups is 2. The minimum absolute atomic E-state index is 0.380. The van der Waals surface area contributed by atoms with E-state index in [2.05, 4.69) is 19.6 Å². The second-order valence-electron chi connectivity index (χ2n) is 4.23. The summed E-state index contributed by atoms with van der Waals surface area (Å²) in [6, 6.07) is 13.6. The molecule has 0 heterocycles. The summed E-state index contributed by atoms with van der Waals surface area (Å²) >= 11 is 0. The van der Waals surface area contributed by atoms with E-state index >= 15 is 0 Å². The first-order chi connectivity index (χ1) is 10.7. The van der Waals surface area contributed by atoms with Gasteiger partial charge in [0.1, 0.15) is 0 Å². The molecule has 0 saturated heterocycles. The van der Waals surface area contributed by atoms with Crippen LogP contribution in [0.3, 0.4) is 0 Å². The highest BCUT2D eigenvalue weighted by Gasteiger charge is 2.09. The maximum atomic E-state index is 11.5. The molecule has 0 fully saturated rings. The molecule has 0 aromatic heterocycles. The fourth-order valence-corrected chi connectivity index (χ4v) is 1.85. The van der Waals surface area contributed by atoms with E-state index in [4.69, 9.17) is 0 Å². The predicted octanol–water partition coefficient (Wildman–Crippen LogP) is 2.79. The lowest BCUT2D eigenvalue weighted by molar-refractivity contribution is -0.216. The van der Waals surface area contributed by atoms with Crippen LogP contribution in [0, 0.1) is 0 Å². The Labute approximate surface area is 127 Å². The molecule has 114 valence electrons. The number of rotatable bonds is 5.